The van der Waals surface area contributed by atoms with E-state index in [-0.39, 0.29) is 29.2 Å². The van der Waals surface area contributed by atoms with Crippen LogP contribution in [0.15, 0.2) is 34.3 Å². The molecular weight excluding hydrogens is 336 g/mol. The van der Waals surface area contributed by atoms with Gasteiger partial charge in [0.05, 0.1) is 10.6 Å². The molecule has 0 saturated carbocycles. The number of esters is 1. The zero-order valence-electron chi connectivity index (χ0n) is 13.6. The van der Waals surface area contributed by atoms with Crippen molar-refractivity contribution in [2.75, 3.05) is 6.61 Å². The van der Waals surface area contributed by atoms with E-state index in [1.807, 2.05) is 0 Å². The highest BCUT2D eigenvalue weighted by Crippen LogP contribution is 2.39. The minimum Gasteiger partial charge on any atom is -0.469 e. The number of allylic oxidation sites excluding steroid dienone is 3. The van der Waals surface area contributed by atoms with Crippen LogP contribution >= 0.6 is 11.6 Å². The molecule has 0 aromatic rings. The monoisotopic (exact) mass is 354 g/mol. The zero-order chi connectivity index (χ0) is 17.9. The second kappa shape index (κ2) is 7.32. The molecule has 7 heteroatoms. The van der Waals surface area contributed by atoms with Gasteiger partial charge in [-0.1, -0.05) is 18.5 Å². The van der Waals surface area contributed by atoms with Gasteiger partial charge in [0.1, 0.15) is 12.0 Å². The fraction of sp³-hybridized carbons (Fsp3) is 0.471. The third-order valence-corrected chi connectivity index (χ3v) is 4.20. The maximum atomic E-state index is 12.7. The lowest BCUT2D eigenvalue weighted by atomic mass is 9.80. The molecule has 0 saturated heterocycles. The van der Waals surface area contributed by atoms with Crippen LogP contribution in [0.3, 0.4) is 0 Å². The molecule has 0 aromatic heterocycles. The largest absolute Gasteiger partial charge is 0.469 e. The highest BCUT2D eigenvalue weighted by Gasteiger charge is 2.52. The molecule has 0 fully saturated rings. The first-order chi connectivity index (χ1) is 11.3. The Bertz CT molecular complexity index is 673. The summed E-state index contributed by atoms with van der Waals surface area (Å²) in [6.45, 7) is 3.03. The Hall–Kier alpha value is -1.92. The van der Waals surface area contributed by atoms with Gasteiger partial charge in [-0.2, -0.15) is 0 Å². The minimum atomic E-state index is -1.97. The van der Waals surface area contributed by atoms with E-state index in [1.165, 1.54) is 19.3 Å². The Morgan fingerprint density at radius 2 is 2.08 bits per heavy atom. The van der Waals surface area contributed by atoms with Gasteiger partial charge in [0, 0.05) is 25.0 Å². The van der Waals surface area contributed by atoms with Gasteiger partial charge in [0.25, 0.3) is 0 Å². The van der Waals surface area contributed by atoms with Crippen molar-refractivity contribution in [2.45, 2.75) is 45.1 Å². The van der Waals surface area contributed by atoms with Gasteiger partial charge in [0.2, 0.25) is 17.2 Å². The molecule has 6 nitrogen and oxygen atoms in total. The zero-order valence-corrected chi connectivity index (χ0v) is 14.3. The molecule has 0 amide bonds. The standard InChI is InChI=1S/C17H19ClO6/c1-3-5-13(20)24-17(2)15(21)12-9-23-10(6-4-7-19)8-11(12)14(18)16(17)22/h8-9,19H,3-7H2,1-2H3. The number of carbonyl (C=O) groups is 3. The minimum absolute atomic E-state index is 0.00658. The summed E-state index contributed by atoms with van der Waals surface area (Å²) in [4.78, 5) is 37.0. The van der Waals surface area contributed by atoms with Gasteiger partial charge < -0.3 is 14.6 Å². The van der Waals surface area contributed by atoms with E-state index in [2.05, 4.69) is 0 Å². The van der Waals surface area contributed by atoms with Crippen molar-refractivity contribution >= 4 is 29.1 Å². The van der Waals surface area contributed by atoms with Crippen LogP contribution in [-0.2, 0) is 23.9 Å². The van der Waals surface area contributed by atoms with Crippen molar-refractivity contribution in [1.82, 2.24) is 0 Å². The van der Waals surface area contributed by atoms with Crippen LogP contribution < -0.4 is 0 Å². The average molecular weight is 355 g/mol. The number of aliphatic hydroxyl groups excluding tert-OH is 1. The Balaban J connectivity index is 2.37. The van der Waals surface area contributed by atoms with Crippen LogP contribution in [0.5, 0.6) is 0 Å². The van der Waals surface area contributed by atoms with E-state index < -0.39 is 23.1 Å². The van der Waals surface area contributed by atoms with Gasteiger partial charge in [-0.3, -0.25) is 14.4 Å². The van der Waals surface area contributed by atoms with E-state index >= 15 is 0 Å². The van der Waals surface area contributed by atoms with E-state index in [4.69, 9.17) is 26.2 Å². The first kappa shape index (κ1) is 18.4. The number of fused-ring (bicyclic) bond motifs is 1. The molecular formula is C17H19ClO6. The van der Waals surface area contributed by atoms with Crippen molar-refractivity contribution < 1.29 is 29.0 Å². The molecule has 2 rings (SSSR count). The number of hydrogen-bond donors (Lipinski definition) is 1. The first-order valence-corrected chi connectivity index (χ1v) is 8.12. The fourth-order valence-corrected chi connectivity index (χ4v) is 2.82. The molecule has 1 atom stereocenters. The summed E-state index contributed by atoms with van der Waals surface area (Å²) >= 11 is 6.15. The lowest BCUT2D eigenvalue weighted by Crippen LogP contribution is -2.51. The first-order valence-electron chi connectivity index (χ1n) is 7.75. The molecule has 1 aliphatic heterocycles. The van der Waals surface area contributed by atoms with Crippen molar-refractivity contribution in [3.8, 4) is 0 Å². The number of rotatable bonds is 6. The van der Waals surface area contributed by atoms with Crippen molar-refractivity contribution in [1.29, 1.82) is 0 Å². The summed E-state index contributed by atoms with van der Waals surface area (Å²) in [5.41, 5.74) is -1.62. The summed E-state index contributed by atoms with van der Waals surface area (Å²) in [6, 6.07) is 0. The molecule has 1 N–H and O–H groups in total. The molecule has 0 spiro atoms. The van der Waals surface area contributed by atoms with E-state index in [1.54, 1.807) is 6.92 Å². The predicted molar refractivity (Wildman–Crippen MR) is 85.9 cm³/mol. The number of ether oxygens (including phenoxy) is 2. The topological polar surface area (TPSA) is 89.9 Å². The molecule has 130 valence electrons. The fourth-order valence-electron chi connectivity index (χ4n) is 2.48. The van der Waals surface area contributed by atoms with Crippen molar-refractivity contribution in [2.24, 2.45) is 0 Å². The number of hydrogen-bond acceptors (Lipinski definition) is 6. The van der Waals surface area contributed by atoms with Gasteiger partial charge >= 0.3 is 5.97 Å². The third-order valence-electron chi connectivity index (χ3n) is 3.82. The van der Waals surface area contributed by atoms with Gasteiger partial charge in [-0.05, 0) is 25.8 Å². The molecule has 1 unspecified atom stereocenters. The Labute approximate surface area is 144 Å². The quantitative estimate of drug-likeness (QED) is 0.581. The smallest absolute Gasteiger partial charge is 0.307 e. The molecule has 1 aliphatic carbocycles. The SMILES string of the molecule is CCCC(=O)OC1(C)C(=O)C2=COC(CCCO)=CC2=C(Cl)C1=O. The van der Waals surface area contributed by atoms with Crippen LogP contribution in [-0.4, -0.2) is 34.9 Å². The normalized spacial score (nSPS) is 23.3. The number of carbonyl (C=O) groups excluding carboxylic acids is 3. The lowest BCUT2D eigenvalue weighted by Gasteiger charge is -2.33. The summed E-state index contributed by atoms with van der Waals surface area (Å²) in [6.07, 6.45) is 4.29. The molecule has 1 heterocycles. The summed E-state index contributed by atoms with van der Waals surface area (Å²) in [5, 5.41) is 8.70. The summed E-state index contributed by atoms with van der Waals surface area (Å²) in [5.74, 6) is -1.54. The molecule has 2 aliphatic rings. The van der Waals surface area contributed by atoms with E-state index in [0.717, 1.165) is 0 Å². The van der Waals surface area contributed by atoms with Gasteiger partial charge in [-0.15, -0.1) is 0 Å². The van der Waals surface area contributed by atoms with Crippen LogP contribution in [0.2, 0.25) is 0 Å². The second-order valence-corrected chi connectivity index (χ2v) is 6.11. The highest BCUT2D eigenvalue weighted by atomic mass is 35.5. The van der Waals surface area contributed by atoms with Gasteiger partial charge in [0.15, 0.2) is 0 Å². The number of ketones is 2. The average Bonchev–Trinajstić information content (AvgIpc) is 2.56. The number of Topliss-reactive ketones (excluding diaryl/α,β-unsaturated/α-hetero) is 2. The Morgan fingerprint density at radius 1 is 1.38 bits per heavy atom. The molecule has 0 radical (unpaired) electrons. The second-order valence-electron chi connectivity index (χ2n) is 5.73. The number of aliphatic hydroxyl groups is 1. The van der Waals surface area contributed by atoms with Crippen LogP contribution in [0.4, 0.5) is 0 Å². The van der Waals surface area contributed by atoms with Crippen molar-refractivity contribution in [3.05, 3.63) is 34.3 Å². The highest BCUT2D eigenvalue weighted by molar-refractivity contribution is 6.49. The van der Waals surface area contributed by atoms with E-state index in [0.29, 0.717) is 25.0 Å². The van der Waals surface area contributed by atoms with Crippen LogP contribution in [0, 0.1) is 0 Å². The van der Waals surface area contributed by atoms with Crippen LogP contribution in [0.25, 0.3) is 0 Å². The summed E-state index contributed by atoms with van der Waals surface area (Å²) in [7, 11) is 0. The van der Waals surface area contributed by atoms with Crippen LogP contribution in [0.1, 0.15) is 39.5 Å². The van der Waals surface area contributed by atoms with Gasteiger partial charge in [-0.25, -0.2) is 0 Å². The third kappa shape index (κ3) is 3.30. The summed E-state index contributed by atoms with van der Waals surface area (Å²) < 4.78 is 10.5. The molecule has 0 aromatic carbocycles. The lowest BCUT2D eigenvalue weighted by molar-refractivity contribution is -0.169. The predicted octanol–water partition coefficient (Wildman–Crippen LogP) is 2.30. The van der Waals surface area contributed by atoms with E-state index in [9.17, 15) is 14.4 Å². The maximum Gasteiger partial charge on any atom is 0.307 e. The Kier molecular flexibility index (Phi) is 5.62. The Morgan fingerprint density at radius 3 is 2.71 bits per heavy atom. The molecule has 0 bridgehead atoms. The number of halogens is 1. The van der Waals surface area contributed by atoms with Crippen molar-refractivity contribution in [3.63, 3.8) is 0 Å². The molecule has 24 heavy (non-hydrogen) atoms. The maximum absolute atomic E-state index is 12.7.